The van der Waals surface area contributed by atoms with Crippen molar-refractivity contribution in [3.63, 3.8) is 0 Å². The van der Waals surface area contributed by atoms with E-state index in [0.717, 1.165) is 16.9 Å². The fraction of sp³-hybridized carbons (Fsp3) is 0.263. The molecule has 0 atom stereocenters. The number of hydrogen-bond acceptors (Lipinski definition) is 4. The van der Waals surface area contributed by atoms with E-state index in [1.807, 2.05) is 36.4 Å². The lowest BCUT2D eigenvalue weighted by Gasteiger charge is -2.18. The summed E-state index contributed by atoms with van der Waals surface area (Å²) in [5.41, 5.74) is 2.58. The normalized spacial score (nSPS) is 12.6. The van der Waals surface area contributed by atoms with Crippen LogP contribution in [-0.2, 0) is 22.6 Å². The number of anilines is 1. The number of carbonyl (C=O) groups excluding carboxylic acids is 2. The molecule has 1 heterocycles. The second kappa shape index (κ2) is 7.70. The van der Waals surface area contributed by atoms with Gasteiger partial charge in [-0.3, -0.25) is 9.59 Å². The minimum Gasteiger partial charge on any atom is -0.496 e. The molecule has 25 heavy (non-hydrogen) atoms. The average molecular weight is 340 g/mol. The average Bonchev–Trinajstić information content (AvgIpc) is 2.64. The zero-order chi connectivity index (χ0) is 17.6. The molecule has 130 valence electrons. The van der Waals surface area contributed by atoms with Crippen molar-refractivity contribution in [2.45, 2.75) is 19.4 Å². The molecule has 0 aliphatic carbocycles. The van der Waals surface area contributed by atoms with Crippen LogP contribution < -0.4 is 20.1 Å². The van der Waals surface area contributed by atoms with Gasteiger partial charge < -0.3 is 20.1 Å². The van der Waals surface area contributed by atoms with Crippen LogP contribution in [-0.4, -0.2) is 25.5 Å². The van der Waals surface area contributed by atoms with Crippen LogP contribution in [0.4, 0.5) is 5.69 Å². The van der Waals surface area contributed by atoms with Crippen molar-refractivity contribution in [2.24, 2.45) is 0 Å². The molecule has 3 rings (SSSR count). The molecule has 2 aromatic rings. The van der Waals surface area contributed by atoms with Crippen LogP contribution in [0.3, 0.4) is 0 Å². The molecule has 2 amide bonds. The van der Waals surface area contributed by atoms with Gasteiger partial charge in [0.2, 0.25) is 5.91 Å². The Morgan fingerprint density at radius 3 is 2.96 bits per heavy atom. The number of rotatable bonds is 6. The third kappa shape index (κ3) is 4.29. The SMILES string of the molecule is COc1ccccc1CCC(=O)NCc1ccc2c(c1)OCC(=O)N2. The van der Waals surface area contributed by atoms with E-state index < -0.39 is 0 Å². The van der Waals surface area contributed by atoms with E-state index in [4.69, 9.17) is 9.47 Å². The van der Waals surface area contributed by atoms with Crippen LogP contribution in [0, 0.1) is 0 Å². The lowest BCUT2D eigenvalue weighted by atomic mass is 10.1. The van der Waals surface area contributed by atoms with Crippen molar-refractivity contribution in [2.75, 3.05) is 19.0 Å². The Hall–Kier alpha value is -3.02. The molecule has 0 radical (unpaired) electrons. The smallest absolute Gasteiger partial charge is 0.262 e. The molecule has 1 aliphatic rings. The van der Waals surface area contributed by atoms with E-state index in [1.54, 1.807) is 13.2 Å². The Bertz CT molecular complexity index is 789. The topological polar surface area (TPSA) is 76.7 Å². The second-order valence-corrected chi connectivity index (χ2v) is 5.76. The van der Waals surface area contributed by atoms with E-state index >= 15 is 0 Å². The first-order valence-corrected chi connectivity index (χ1v) is 8.10. The van der Waals surface area contributed by atoms with Crippen molar-refractivity contribution < 1.29 is 19.1 Å². The molecule has 0 bridgehead atoms. The maximum Gasteiger partial charge on any atom is 0.262 e. The summed E-state index contributed by atoms with van der Waals surface area (Å²) in [5, 5.41) is 5.64. The molecule has 0 saturated heterocycles. The third-order valence-electron chi connectivity index (χ3n) is 3.98. The summed E-state index contributed by atoms with van der Waals surface area (Å²) in [4.78, 5) is 23.3. The maximum absolute atomic E-state index is 12.1. The van der Waals surface area contributed by atoms with Gasteiger partial charge in [0.1, 0.15) is 11.5 Å². The van der Waals surface area contributed by atoms with Crippen molar-refractivity contribution in [3.05, 3.63) is 53.6 Å². The van der Waals surface area contributed by atoms with Gasteiger partial charge in [-0.25, -0.2) is 0 Å². The Morgan fingerprint density at radius 1 is 1.28 bits per heavy atom. The number of nitrogens with one attached hydrogen (secondary N) is 2. The van der Waals surface area contributed by atoms with Crippen molar-refractivity contribution in [1.82, 2.24) is 5.32 Å². The fourth-order valence-electron chi connectivity index (χ4n) is 2.68. The number of methoxy groups -OCH3 is 1. The lowest BCUT2D eigenvalue weighted by Crippen LogP contribution is -2.26. The predicted octanol–water partition coefficient (Wildman–Crippen LogP) is 2.28. The van der Waals surface area contributed by atoms with Gasteiger partial charge in [0.25, 0.3) is 5.91 Å². The van der Waals surface area contributed by atoms with Gasteiger partial charge in [-0.15, -0.1) is 0 Å². The van der Waals surface area contributed by atoms with E-state index in [9.17, 15) is 9.59 Å². The number of fused-ring (bicyclic) bond motifs is 1. The van der Waals surface area contributed by atoms with E-state index in [-0.39, 0.29) is 18.4 Å². The summed E-state index contributed by atoms with van der Waals surface area (Å²) in [7, 11) is 1.62. The van der Waals surface area contributed by atoms with Crippen molar-refractivity contribution in [3.8, 4) is 11.5 Å². The lowest BCUT2D eigenvalue weighted by molar-refractivity contribution is -0.121. The molecule has 0 fully saturated rings. The summed E-state index contributed by atoms with van der Waals surface area (Å²) in [6.07, 6.45) is 1.01. The number of carbonyl (C=O) groups is 2. The van der Waals surface area contributed by atoms with Crippen molar-refractivity contribution in [1.29, 1.82) is 0 Å². The van der Waals surface area contributed by atoms with Crippen LogP contribution in [0.25, 0.3) is 0 Å². The molecule has 0 spiro atoms. The maximum atomic E-state index is 12.1. The van der Waals surface area contributed by atoms with E-state index in [2.05, 4.69) is 10.6 Å². The van der Waals surface area contributed by atoms with Gasteiger partial charge in [-0.2, -0.15) is 0 Å². The minimum atomic E-state index is -0.162. The van der Waals surface area contributed by atoms with Gasteiger partial charge in [0.05, 0.1) is 12.8 Å². The summed E-state index contributed by atoms with van der Waals surface area (Å²) >= 11 is 0. The van der Waals surface area contributed by atoms with Crippen LogP contribution in [0.15, 0.2) is 42.5 Å². The van der Waals surface area contributed by atoms with Crippen molar-refractivity contribution >= 4 is 17.5 Å². The zero-order valence-corrected chi connectivity index (χ0v) is 14.0. The van der Waals surface area contributed by atoms with Crippen LogP contribution in [0.5, 0.6) is 11.5 Å². The highest BCUT2D eigenvalue weighted by Crippen LogP contribution is 2.28. The largest absolute Gasteiger partial charge is 0.496 e. The van der Waals surface area contributed by atoms with Gasteiger partial charge in [-0.05, 0) is 35.7 Å². The van der Waals surface area contributed by atoms with Crippen LogP contribution in [0.2, 0.25) is 0 Å². The summed E-state index contributed by atoms with van der Waals surface area (Å²) in [6, 6.07) is 13.2. The Balaban J connectivity index is 1.52. The highest BCUT2D eigenvalue weighted by molar-refractivity contribution is 5.95. The molecule has 6 heteroatoms. The van der Waals surface area contributed by atoms with Gasteiger partial charge >= 0.3 is 0 Å². The third-order valence-corrected chi connectivity index (χ3v) is 3.98. The van der Waals surface area contributed by atoms with Gasteiger partial charge in [0.15, 0.2) is 6.61 Å². The molecule has 2 aromatic carbocycles. The minimum absolute atomic E-state index is 0.0156. The first kappa shape index (κ1) is 16.8. The fourth-order valence-corrected chi connectivity index (χ4v) is 2.68. The highest BCUT2D eigenvalue weighted by Gasteiger charge is 2.16. The van der Waals surface area contributed by atoms with E-state index in [0.29, 0.717) is 30.8 Å². The monoisotopic (exact) mass is 340 g/mol. The Kier molecular flexibility index (Phi) is 5.18. The first-order valence-electron chi connectivity index (χ1n) is 8.10. The number of para-hydroxylation sites is 1. The number of hydrogen-bond donors (Lipinski definition) is 2. The molecular formula is C19H20N2O4. The number of benzene rings is 2. The first-order chi connectivity index (χ1) is 12.2. The zero-order valence-electron chi connectivity index (χ0n) is 14.0. The molecule has 2 N–H and O–H groups in total. The van der Waals surface area contributed by atoms with Gasteiger partial charge in [0, 0.05) is 13.0 Å². The quantitative estimate of drug-likeness (QED) is 0.846. The molecule has 0 saturated carbocycles. The Morgan fingerprint density at radius 2 is 2.12 bits per heavy atom. The highest BCUT2D eigenvalue weighted by atomic mass is 16.5. The van der Waals surface area contributed by atoms with E-state index in [1.165, 1.54) is 0 Å². The van der Waals surface area contributed by atoms with Gasteiger partial charge in [-0.1, -0.05) is 24.3 Å². The number of ether oxygens (including phenoxy) is 2. The molecule has 1 aliphatic heterocycles. The summed E-state index contributed by atoms with van der Waals surface area (Å²) < 4.78 is 10.7. The Labute approximate surface area is 146 Å². The molecule has 0 unspecified atom stereocenters. The summed E-state index contributed by atoms with van der Waals surface area (Å²) in [5.74, 6) is 1.23. The van der Waals surface area contributed by atoms with Crippen LogP contribution >= 0.6 is 0 Å². The summed E-state index contributed by atoms with van der Waals surface area (Å²) in [6.45, 7) is 0.428. The number of amides is 2. The number of aryl methyl sites for hydroxylation is 1. The van der Waals surface area contributed by atoms with Crippen LogP contribution in [0.1, 0.15) is 17.5 Å². The molecule has 6 nitrogen and oxygen atoms in total. The molecular weight excluding hydrogens is 320 g/mol. The molecule has 0 aromatic heterocycles. The second-order valence-electron chi connectivity index (χ2n) is 5.76. The predicted molar refractivity (Wildman–Crippen MR) is 93.7 cm³/mol. The standard InChI is InChI=1S/C19H20N2O4/c1-24-16-5-3-2-4-14(16)7-9-18(22)20-11-13-6-8-15-17(10-13)25-12-19(23)21-15/h2-6,8,10H,7,9,11-12H2,1H3,(H,20,22)(H,21,23).